The molecule has 1 saturated heterocycles. The van der Waals surface area contributed by atoms with Gasteiger partial charge in [-0.05, 0) is 5.56 Å². The summed E-state index contributed by atoms with van der Waals surface area (Å²) in [4.78, 5) is 11.7. The molecule has 1 aromatic rings. The van der Waals surface area contributed by atoms with Crippen LogP contribution in [0.3, 0.4) is 0 Å². The first-order valence-electron chi connectivity index (χ1n) is 6.37. The maximum absolute atomic E-state index is 11.7. The first-order valence-corrected chi connectivity index (χ1v) is 8.19. The van der Waals surface area contributed by atoms with Crippen molar-refractivity contribution in [3.05, 3.63) is 35.9 Å². The number of nitrogens with one attached hydrogen (secondary N) is 1. The lowest BCUT2D eigenvalue weighted by atomic mass is 10.2. The molecule has 1 N–H and O–H groups in total. The van der Waals surface area contributed by atoms with E-state index in [4.69, 9.17) is 9.47 Å². The molecule has 0 unspecified atom stereocenters. The number of hydrogen-bond acceptors (Lipinski definition) is 6. The second-order valence-electron chi connectivity index (χ2n) is 4.67. The molecule has 1 amide bonds. The van der Waals surface area contributed by atoms with Crippen molar-refractivity contribution in [3.63, 3.8) is 0 Å². The van der Waals surface area contributed by atoms with Crippen molar-refractivity contribution in [2.75, 3.05) is 19.5 Å². The van der Waals surface area contributed by atoms with Crippen LogP contribution in [-0.4, -0.2) is 46.1 Å². The molecule has 2 rings (SSSR count). The number of benzene rings is 1. The molecule has 0 bridgehead atoms. The third-order valence-corrected chi connectivity index (χ3v) is 3.35. The molecule has 0 saturated carbocycles. The van der Waals surface area contributed by atoms with Gasteiger partial charge in [-0.25, -0.2) is 4.79 Å². The van der Waals surface area contributed by atoms with E-state index in [1.54, 1.807) is 0 Å². The third-order valence-electron chi connectivity index (χ3n) is 2.79. The fraction of sp³-hybridized carbons (Fsp3) is 0.462. The Bertz CT molecular complexity index is 570. The lowest BCUT2D eigenvalue weighted by Gasteiger charge is -2.16. The minimum atomic E-state index is -3.56. The van der Waals surface area contributed by atoms with Crippen LogP contribution in [0.15, 0.2) is 30.3 Å². The molecule has 1 heterocycles. The zero-order valence-corrected chi connectivity index (χ0v) is 12.3. The maximum Gasteiger partial charge on any atom is 0.407 e. The molecular weight excluding hydrogens is 298 g/mol. The number of carbonyl (C=O) groups is 1. The average molecular weight is 315 g/mol. The van der Waals surface area contributed by atoms with Crippen molar-refractivity contribution in [3.8, 4) is 0 Å². The van der Waals surface area contributed by atoms with E-state index in [9.17, 15) is 13.2 Å². The molecule has 1 aliphatic heterocycles. The second-order valence-corrected chi connectivity index (χ2v) is 6.32. The van der Waals surface area contributed by atoms with Crippen molar-refractivity contribution in [2.24, 2.45) is 0 Å². The molecule has 116 valence electrons. The SMILES string of the molecule is CS(=O)(=O)OC[C@H](NC(=O)OCc1ccccc1)[C@@H]1CO1. The summed E-state index contributed by atoms with van der Waals surface area (Å²) in [6.45, 7) is 0.415. The van der Waals surface area contributed by atoms with E-state index in [1.807, 2.05) is 30.3 Å². The molecule has 1 fully saturated rings. The Morgan fingerprint density at radius 1 is 1.43 bits per heavy atom. The minimum Gasteiger partial charge on any atom is -0.445 e. The van der Waals surface area contributed by atoms with Crippen LogP contribution in [0.25, 0.3) is 0 Å². The average Bonchev–Trinajstić information content (AvgIpc) is 3.26. The first-order chi connectivity index (χ1) is 9.94. The predicted molar refractivity (Wildman–Crippen MR) is 74.1 cm³/mol. The van der Waals surface area contributed by atoms with Crippen LogP contribution < -0.4 is 5.32 Å². The third kappa shape index (κ3) is 6.11. The number of ether oxygens (including phenoxy) is 2. The Labute approximate surface area is 123 Å². The van der Waals surface area contributed by atoms with Gasteiger partial charge in [0.2, 0.25) is 0 Å². The van der Waals surface area contributed by atoms with Crippen LogP contribution in [0.2, 0.25) is 0 Å². The van der Waals surface area contributed by atoms with E-state index in [0.29, 0.717) is 6.61 Å². The van der Waals surface area contributed by atoms with Crippen LogP contribution in [-0.2, 0) is 30.4 Å². The molecule has 0 radical (unpaired) electrons. The Kier molecular flexibility index (Phi) is 5.16. The van der Waals surface area contributed by atoms with Crippen molar-refractivity contribution in [2.45, 2.75) is 18.8 Å². The fourth-order valence-electron chi connectivity index (χ4n) is 1.64. The quantitative estimate of drug-likeness (QED) is 0.586. The van der Waals surface area contributed by atoms with Gasteiger partial charge in [-0.1, -0.05) is 30.3 Å². The van der Waals surface area contributed by atoms with Gasteiger partial charge in [0.05, 0.1) is 25.5 Å². The summed E-state index contributed by atoms with van der Waals surface area (Å²) in [7, 11) is -3.56. The highest BCUT2D eigenvalue weighted by Crippen LogP contribution is 2.15. The molecule has 1 aliphatic rings. The smallest absolute Gasteiger partial charge is 0.407 e. The molecule has 0 aliphatic carbocycles. The molecule has 8 heteroatoms. The van der Waals surface area contributed by atoms with Gasteiger partial charge in [0.15, 0.2) is 0 Å². The largest absolute Gasteiger partial charge is 0.445 e. The summed E-state index contributed by atoms with van der Waals surface area (Å²) >= 11 is 0. The van der Waals surface area contributed by atoms with Gasteiger partial charge in [-0.15, -0.1) is 0 Å². The van der Waals surface area contributed by atoms with Gasteiger partial charge in [0, 0.05) is 0 Å². The molecule has 21 heavy (non-hydrogen) atoms. The highest BCUT2D eigenvalue weighted by molar-refractivity contribution is 7.85. The van der Waals surface area contributed by atoms with Crippen molar-refractivity contribution < 1.29 is 26.9 Å². The van der Waals surface area contributed by atoms with E-state index in [-0.39, 0.29) is 19.3 Å². The standard InChI is InChI=1S/C13H17NO6S/c1-21(16,17)20-8-11(12-9-18-12)14-13(15)19-7-10-5-3-2-4-6-10/h2-6,11-12H,7-9H2,1H3,(H,14,15)/t11-,12-/m0/s1. The Morgan fingerprint density at radius 2 is 2.10 bits per heavy atom. The molecular formula is C13H17NO6S. The minimum absolute atomic E-state index is 0.137. The van der Waals surface area contributed by atoms with Gasteiger partial charge in [0.1, 0.15) is 12.7 Å². The van der Waals surface area contributed by atoms with Gasteiger partial charge in [-0.3, -0.25) is 4.18 Å². The summed E-state index contributed by atoms with van der Waals surface area (Å²) < 4.78 is 36.7. The highest BCUT2D eigenvalue weighted by Gasteiger charge is 2.35. The number of alkyl carbamates (subject to hydrolysis) is 1. The van der Waals surface area contributed by atoms with Gasteiger partial charge in [-0.2, -0.15) is 8.42 Å². The van der Waals surface area contributed by atoms with E-state index in [1.165, 1.54) is 0 Å². The number of amides is 1. The Balaban J connectivity index is 1.78. The summed E-state index contributed by atoms with van der Waals surface area (Å²) in [6.07, 6.45) is 0.0680. The maximum atomic E-state index is 11.7. The predicted octanol–water partition coefficient (Wildman–Crippen LogP) is 0.656. The van der Waals surface area contributed by atoms with Crippen LogP contribution in [0, 0.1) is 0 Å². The van der Waals surface area contributed by atoms with Gasteiger partial charge >= 0.3 is 6.09 Å². The Hall–Kier alpha value is -1.64. The monoisotopic (exact) mass is 315 g/mol. The number of rotatable bonds is 7. The zero-order valence-electron chi connectivity index (χ0n) is 11.5. The van der Waals surface area contributed by atoms with Gasteiger partial charge < -0.3 is 14.8 Å². The van der Waals surface area contributed by atoms with Crippen molar-refractivity contribution >= 4 is 16.2 Å². The lowest BCUT2D eigenvalue weighted by molar-refractivity contribution is 0.127. The van der Waals surface area contributed by atoms with Crippen LogP contribution in [0.4, 0.5) is 4.79 Å². The van der Waals surface area contributed by atoms with E-state index >= 15 is 0 Å². The Morgan fingerprint density at radius 3 is 2.67 bits per heavy atom. The number of carbonyl (C=O) groups excluding carboxylic acids is 1. The topological polar surface area (TPSA) is 94.2 Å². The van der Waals surface area contributed by atoms with Gasteiger partial charge in [0.25, 0.3) is 10.1 Å². The zero-order chi connectivity index (χ0) is 15.3. The lowest BCUT2D eigenvalue weighted by Crippen LogP contribution is -2.42. The summed E-state index contributed by atoms with van der Waals surface area (Å²) in [6, 6.07) is 8.67. The normalized spacial score (nSPS) is 18.8. The molecule has 0 spiro atoms. The van der Waals surface area contributed by atoms with Crippen LogP contribution in [0.1, 0.15) is 5.56 Å². The number of hydrogen-bond donors (Lipinski definition) is 1. The van der Waals surface area contributed by atoms with Crippen molar-refractivity contribution in [1.82, 2.24) is 5.32 Å². The molecule has 1 aromatic carbocycles. The molecule has 2 atom stereocenters. The summed E-state index contributed by atoms with van der Waals surface area (Å²) in [5.41, 5.74) is 0.860. The van der Waals surface area contributed by atoms with E-state index in [2.05, 4.69) is 9.50 Å². The highest BCUT2D eigenvalue weighted by atomic mass is 32.2. The summed E-state index contributed by atoms with van der Waals surface area (Å²) in [5.74, 6) is 0. The second kappa shape index (κ2) is 6.88. The van der Waals surface area contributed by atoms with Crippen molar-refractivity contribution in [1.29, 1.82) is 0 Å². The number of epoxide rings is 1. The van der Waals surface area contributed by atoms with Crippen LogP contribution in [0.5, 0.6) is 0 Å². The van der Waals surface area contributed by atoms with E-state index < -0.39 is 22.3 Å². The molecule has 7 nitrogen and oxygen atoms in total. The van der Waals surface area contributed by atoms with E-state index in [0.717, 1.165) is 11.8 Å². The summed E-state index contributed by atoms with van der Waals surface area (Å²) in [5, 5.41) is 2.55. The first kappa shape index (κ1) is 15.7. The fourth-order valence-corrected chi connectivity index (χ4v) is 2.04. The molecule has 0 aromatic heterocycles. The van der Waals surface area contributed by atoms with Crippen LogP contribution >= 0.6 is 0 Å².